The molecule has 3 atom stereocenters. The number of rotatable bonds is 3. The minimum atomic E-state index is 0.422. The Morgan fingerprint density at radius 2 is 2.22 bits per heavy atom. The fraction of sp³-hybridized carbons (Fsp3) is 0.571. The quantitative estimate of drug-likeness (QED) is 0.823. The fourth-order valence-corrected chi connectivity index (χ4v) is 2.77. The van der Waals surface area contributed by atoms with Gasteiger partial charge in [-0.15, -0.1) is 0 Å². The second-order valence-corrected chi connectivity index (χ2v) is 5.75. The summed E-state index contributed by atoms with van der Waals surface area (Å²) in [5.74, 6) is 2.33. The molecule has 2 rings (SSSR count). The molecular formula is C14H21N3S. The van der Waals surface area contributed by atoms with Gasteiger partial charge in [0.2, 0.25) is 0 Å². The average molecular weight is 263 g/mol. The van der Waals surface area contributed by atoms with Crippen molar-refractivity contribution in [3.8, 4) is 0 Å². The molecule has 3 unspecified atom stereocenters. The Bertz CT molecular complexity index is 433. The van der Waals surface area contributed by atoms with E-state index < -0.39 is 0 Å². The maximum absolute atomic E-state index is 5.64. The topological polar surface area (TPSA) is 50.9 Å². The molecule has 0 aliphatic heterocycles. The summed E-state index contributed by atoms with van der Waals surface area (Å²) in [6.07, 6.45) is 5.59. The summed E-state index contributed by atoms with van der Waals surface area (Å²) >= 11 is 4.99. The molecule has 1 aromatic rings. The van der Waals surface area contributed by atoms with Crippen LogP contribution in [-0.4, -0.2) is 16.0 Å². The van der Waals surface area contributed by atoms with Gasteiger partial charge in [0, 0.05) is 17.8 Å². The van der Waals surface area contributed by atoms with Crippen LogP contribution in [0.15, 0.2) is 18.3 Å². The van der Waals surface area contributed by atoms with Crippen LogP contribution in [0.2, 0.25) is 0 Å². The van der Waals surface area contributed by atoms with Gasteiger partial charge in [-0.25, -0.2) is 4.98 Å². The van der Waals surface area contributed by atoms with E-state index in [1.807, 2.05) is 12.1 Å². The fourth-order valence-electron chi connectivity index (χ4n) is 2.64. The lowest BCUT2D eigenvalue weighted by Gasteiger charge is -2.35. The Morgan fingerprint density at radius 3 is 2.94 bits per heavy atom. The molecule has 4 heteroatoms. The SMILES string of the molecule is CC1CCCC(Nc2cc(C(N)=S)ccn2)C1C. The standard InChI is InChI=1S/C14H21N3S/c1-9-4-3-5-12(10(9)2)17-13-8-11(14(15)18)6-7-16-13/h6-10,12H,3-5H2,1-2H3,(H2,15,18)(H,16,17). The molecule has 1 saturated carbocycles. The minimum absolute atomic E-state index is 0.422. The second kappa shape index (κ2) is 5.65. The molecule has 0 amide bonds. The van der Waals surface area contributed by atoms with Gasteiger partial charge in [-0.1, -0.05) is 38.9 Å². The van der Waals surface area contributed by atoms with Crippen molar-refractivity contribution >= 4 is 23.0 Å². The number of thiocarbonyl (C=S) groups is 1. The molecule has 3 nitrogen and oxygen atoms in total. The molecule has 3 N–H and O–H groups in total. The number of aromatic nitrogens is 1. The van der Waals surface area contributed by atoms with Gasteiger partial charge in [0.1, 0.15) is 10.8 Å². The number of nitrogens with zero attached hydrogens (tertiary/aromatic N) is 1. The molecule has 1 aliphatic carbocycles. The van der Waals surface area contributed by atoms with Crippen molar-refractivity contribution < 1.29 is 0 Å². The van der Waals surface area contributed by atoms with E-state index >= 15 is 0 Å². The third-order valence-corrected chi connectivity index (χ3v) is 4.32. The van der Waals surface area contributed by atoms with Gasteiger partial charge in [-0.2, -0.15) is 0 Å². The maximum Gasteiger partial charge on any atom is 0.126 e. The molecule has 0 aromatic carbocycles. The van der Waals surface area contributed by atoms with Crippen LogP contribution in [0.5, 0.6) is 0 Å². The smallest absolute Gasteiger partial charge is 0.126 e. The summed E-state index contributed by atoms with van der Waals surface area (Å²) in [4.78, 5) is 4.77. The molecule has 98 valence electrons. The number of anilines is 1. The third-order valence-electron chi connectivity index (χ3n) is 4.08. The lowest BCUT2D eigenvalue weighted by Crippen LogP contribution is -2.35. The number of nitrogens with two attached hydrogens (primary N) is 1. The molecule has 0 radical (unpaired) electrons. The Labute approximate surface area is 114 Å². The first-order valence-electron chi connectivity index (χ1n) is 6.60. The molecule has 0 spiro atoms. The van der Waals surface area contributed by atoms with Crippen molar-refractivity contribution in [2.45, 2.75) is 39.2 Å². The van der Waals surface area contributed by atoms with Crippen molar-refractivity contribution in [1.82, 2.24) is 4.98 Å². The number of hydrogen-bond acceptors (Lipinski definition) is 3. The van der Waals surface area contributed by atoms with Crippen LogP contribution in [0, 0.1) is 11.8 Å². The highest BCUT2D eigenvalue weighted by Crippen LogP contribution is 2.31. The predicted octanol–water partition coefficient (Wildman–Crippen LogP) is 2.95. The highest BCUT2D eigenvalue weighted by Gasteiger charge is 2.27. The Hall–Kier alpha value is -1.16. The van der Waals surface area contributed by atoms with E-state index in [9.17, 15) is 0 Å². The molecule has 0 bridgehead atoms. The first-order chi connectivity index (χ1) is 8.58. The summed E-state index contributed by atoms with van der Waals surface area (Å²) in [7, 11) is 0. The molecule has 1 fully saturated rings. The zero-order chi connectivity index (χ0) is 13.1. The molecular weight excluding hydrogens is 242 g/mol. The lowest BCUT2D eigenvalue weighted by atomic mass is 9.78. The monoisotopic (exact) mass is 263 g/mol. The van der Waals surface area contributed by atoms with Gasteiger partial charge < -0.3 is 11.1 Å². The van der Waals surface area contributed by atoms with Crippen molar-refractivity contribution in [1.29, 1.82) is 0 Å². The van der Waals surface area contributed by atoms with Gasteiger partial charge in [0.15, 0.2) is 0 Å². The largest absolute Gasteiger partial charge is 0.389 e. The molecule has 1 heterocycles. The molecule has 1 aromatic heterocycles. The maximum atomic E-state index is 5.64. The van der Waals surface area contributed by atoms with Crippen LogP contribution < -0.4 is 11.1 Å². The second-order valence-electron chi connectivity index (χ2n) is 5.31. The first-order valence-corrected chi connectivity index (χ1v) is 7.01. The minimum Gasteiger partial charge on any atom is -0.389 e. The van der Waals surface area contributed by atoms with Crippen LogP contribution in [0.1, 0.15) is 38.7 Å². The van der Waals surface area contributed by atoms with Gasteiger partial charge >= 0.3 is 0 Å². The van der Waals surface area contributed by atoms with E-state index in [0.717, 1.165) is 17.3 Å². The molecule has 18 heavy (non-hydrogen) atoms. The highest BCUT2D eigenvalue weighted by atomic mass is 32.1. The van der Waals surface area contributed by atoms with E-state index in [-0.39, 0.29) is 0 Å². The van der Waals surface area contributed by atoms with Crippen molar-refractivity contribution in [3.63, 3.8) is 0 Å². The normalized spacial score (nSPS) is 27.8. The van der Waals surface area contributed by atoms with E-state index in [1.54, 1.807) is 6.20 Å². The predicted molar refractivity (Wildman–Crippen MR) is 79.7 cm³/mol. The highest BCUT2D eigenvalue weighted by molar-refractivity contribution is 7.80. The third kappa shape index (κ3) is 2.99. The van der Waals surface area contributed by atoms with E-state index in [0.29, 0.717) is 16.9 Å². The van der Waals surface area contributed by atoms with E-state index in [1.165, 1.54) is 19.3 Å². The Morgan fingerprint density at radius 1 is 1.44 bits per heavy atom. The number of hydrogen-bond donors (Lipinski definition) is 2. The number of nitrogens with one attached hydrogen (secondary N) is 1. The van der Waals surface area contributed by atoms with E-state index in [2.05, 4.69) is 24.1 Å². The van der Waals surface area contributed by atoms with Crippen LogP contribution in [0.4, 0.5) is 5.82 Å². The summed E-state index contributed by atoms with van der Waals surface area (Å²) < 4.78 is 0. The van der Waals surface area contributed by atoms with E-state index in [4.69, 9.17) is 18.0 Å². The lowest BCUT2D eigenvalue weighted by molar-refractivity contribution is 0.253. The van der Waals surface area contributed by atoms with Crippen molar-refractivity contribution in [2.75, 3.05) is 5.32 Å². The van der Waals surface area contributed by atoms with Crippen LogP contribution in [0.25, 0.3) is 0 Å². The van der Waals surface area contributed by atoms with Crippen LogP contribution >= 0.6 is 12.2 Å². The molecule has 0 saturated heterocycles. The summed E-state index contributed by atoms with van der Waals surface area (Å²) in [6.45, 7) is 4.65. The van der Waals surface area contributed by atoms with Crippen molar-refractivity contribution in [3.05, 3.63) is 23.9 Å². The Balaban J connectivity index is 2.08. The zero-order valence-electron chi connectivity index (χ0n) is 11.0. The summed E-state index contributed by atoms with van der Waals surface area (Å²) in [5.41, 5.74) is 6.52. The van der Waals surface area contributed by atoms with Gasteiger partial charge in [-0.3, -0.25) is 0 Å². The van der Waals surface area contributed by atoms with Crippen LogP contribution in [0.3, 0.4) is 0 Å². The van der Waals surface area contributed by atoms with Gasteiger partial charge in [0.25, 0.3) is 0 Å². The first kappa shape index (κ1) is 13.3. The molecule has 1 aliphatic rings. The summed E-state index contributed by atoms with van der Waals surface area (Å²) in [5, 5.41) is 3.53. The Kier molecular flexibility index (Phi) is 4.17. The zero-order valence-corrected chi connectivity index (χ0v) is 11.8. The number of pyridine rings is 1. The van der Waals surface area contributed by atoms with Crippen molar-refractivity contribution in [2.24, 2.45) is 17.6 Å². The average Bonchev–Trinajstić information content (AvgIpc) is 2.35. The van der Waals surface area contributed by atoms with Gasteiger partial charge in [-0.05, 0) is 30.4 Å². The van der Waals surface area contributed by atoms with Crippen LogP contribution in [-0.2, 0) is 0 Å². The van der Waals surface area contributed by atoms with Gasteiger partial charge in [0.05, 0.1) is 0 Å². The summed E-state index contributed by atoms with van der Waals surface area (Å²) in [6, 6.07) is 4.29.